The maximum Gasteiger partial charge on any atom is 0.326 e. The summed E-state index contributed by atoms with van der Waals surface area (Å²) < 4.78 is 0. The zero-order valence-electron chi connectivity index (χ0n) is 18.3. The predicted molar refractivity (Wildman–Crippen MR) is 116 cm³/mol. The van der Waals surface area contributed by atoms with Crippen molar-refractivity contribution in [3.05, 3.63) is 0 Å². The number of carboxylic acid groups (broad SMARTS) is 2. The van der Waals surface area contributed by atoms with Gasteiger partial charge in [0.15, 0.2) is 0 Å². The molecule has 0 spiro atoms. The van der Waals surface area contributed by atoms with E-state index in [0.717, 1.165) is 0 Å². The van der Waals surface area contributed by atoms with E-state index in [9.17, 15) is 24.0 Å². The second kappa shape index (κ2) is 13.9. The summed E-state index contributed by atoms with van der Waals surface area (Å²) in [6.45, 7) is 7.05. The Morgan fingerprint density at radius 3 is 1.61 bits per heavy atom. The Labute approximate surface area is 187 Å². The molecule has 0 saturated carbocycles. The number of hydrogen-bond donors (Lipinski definition) is 7. The minimum Gasteiger partial charge on any atom is -0.481 e. The molecule has 0 fully saturated rings. The Kier molecular flexibility index (Phi) is 12.8. The molecule has 0 aromatic carbocycles. The molecule has 7 N–H and O–H groups in total. The first kappa shape index (κ1) is 28.7. The lowest BCUT2D eigenvalue weighted by Crippen LogP contribution is -2.60. The van der Waals surface area contributed by atoms with Crippen LogP contribution in [0.5, 0.6) is 0 Å². The average molecular weight is 463 g/mol. The largest absolute Gasteiger partial charge is 0.481 e. The quantitative estimate of drug-likeness (QED) is 0.166. The van der Waals surface area contributed by atoms with Gasteiger partial charge in [-0.2, -0.15) is 12.6 Å². The topological polar surface area (TPSA) is 188 Å². The average Bonchev–Trinajstić information content (AvgIpc) is 2.72. The van der Waals surface area contributed by atoms with Crippen molar-refractivity contribution in [2.45, 2.75) is 71.1 Å². The van der Waals surface area contributed by atoms with E-state index in [1.165, 1.54) is 0 Å². The van der Waals surface area contributed by atoms with Crippen LogP contribution in [0.3, 0.4) is 0 Å². The van der Waals surface area contributed by atoms with Gasteiger partial charge in [-0.05, 0) is 11.8 Å². The molecule has 0 aliphatic heterocycles. The van der Waals surface area contributed by atoms with E-state index in [1.807, 2.05) is 6.92 Å². The number of carboxylic acids is 2. The van der Waals surface area contributed by atoms with E-state index >= 15 is 0 Å². The van der Waals surface area contributed by atoms with Crippen LogP contribution >= 0.6 is 12.6 Å². The molecule has 0 aliphatic carbocycles. The van der Waals surface area contributed by atoms with Crippen molar-refractivity contribution >= 4 is 42.3 Å². The molecule has 0 radical (unpaired) electrons. The van der Waals surface area contributed by atoms with E-state index < -0.39 is 66.2 Å². The highest BCUT2D eigenvalue weighted by molar-refractivity contribution is 7.80. The smallest absolute Gasteiger partial charge is 0.326 e. The van der Waals surface area contributed by atoms with E-state index in [4.69, 9.17) is 15.9 Å². The Balaban J connectivity index is 5.60. The number of amides is 3. The molecule has 0 heterocycles. The van der Waals surface area contributed by atoms with Gasteiger partial charge in [-0.25, -0.2) is 4.79 Å². The van der Waals surface area contributed by atoms with Crippen molar-refractivity contribution in [2.24, 2.45) is 17.6 Å². The van der Waals surface area contributed by atoms with Gasteiger partial charge >= 0.3 is 11.9 Å². The molecule has 0 aromatic heterocycles. The second-order valence-electron chi connectivity index (χ2n) is 7.53. The third-order valence-corrected chi connectivity index (χ3v) is 5.51. The Bertz CT molecular complexity index is 661. The summed E-state index contributed by atoms with van der Waals surface area (Å²) in [6.07, 6.45) is 0.212. The Hall–Kier alpha value is -2.34. The number of carbonyl (C=O) groups is 5. The Morgan fingerprint density at radius 1 is 0.839 bits per heavy atom. The SMILES string of the molecule is CCC(C)C(NC(=O)C(N)CS)C(=O)NC(C(=O)NC(CC(=O)O)C(=O)O)C(C)CC. The summed E-state index contributed by atoms with van der Waals surface area (Å²) in [5.74, 6) is -5.50. The molecule has 0 bridgehead atoms. The normalized spacial score (nSPS) is 16.7. The van der Waals surface area contributed by atoms with Gasteiger partial charge in [-0.1, -0.05) is 40.5 Å². The third kappa shape index (κ3) is 9.55. The second-order valence-corrected chi connectivity index (χ2v) is 7.90. The van der Waals surface area contributed by atoms with Gasteiger partial charge in [-0.3, -0.25) is 19.2 Å². The highest BCUT2D eigenvalue weighted by atomic mass is 32.1. The summed E-state index contributed by atoms with van der Waals surface area (Å²) in [4.78, 5) is 60.0. The van der Waals surface area contributed by atoms with Crippen molar-refractivity contribution in [3.8, 4) is 0 Å². The van der Waals surface area contributed by atoms with E-state index in [2.05, 4.69) is 28.6 Å². The van der Waals surface area contributed by atoms with Gasteiger partial charge in [0.2, 0.25) is 17.7 Å². The molecule has 0 rings (SSSR count). The third-order valence-electron chi connectivity index (χ3n) is 5.11. The number of nitrogens with one attached hydrogen (secondary N) is 3. The molecular formula is C19H34N4O7S. The fourth-order valence-corrected chi connectivity index (χ4v) is 2.79. The first-order valence-corrected chi connectivity index (χ1v) is 10.7. The molecule has 12 heteroatoms. The Morgan fingerprint density at radius 2 is 1.26 bits per heavy atom. The van der Waals surface area contributed by atoms with Gasteiger partial charge in [0, 0.05) is 5.75 Å². The lowest BCUT2D eigenvalue weighted by Gasteiger charge is -2.29. The van der Waals surface area contributed by atoms with Crippen LogP contribution in [0.1, 0.15) is 47.0 Å². The van der Waals surface area contributed by atoms with E-state index in [-0.39, 0.29) is 11.7 Å². The van der Waals surface area contributed by atoms with Crippen molar-refractivity contribution in [2.75, 3.05) is 5.75 Å². The van der Waals surface area contributed by atoms with Crippen molar-refractivity contribution in [1.82, 2.24) is 16.0 Å². The zero-order chi connectivity index (χ0) is 24.3. The van der Waals surface area contributed by atoms with Gasteiger partial charge in [0.05, 0.1) is 12.5 Å². The van der Waals surface area contributed by atoms with Crippen LogP contribution in [-0.4, -0.2) is 69.8 Å². The summed E-state index contributed by atoms with van der Waals surface area (Å²) in [5.41, 5.74) is 5.66. The molecule has 0 aliphatic rings. The number of thiol groups is 1. The van der Waals surface area contributed by atoms with Gasteiger partial charge < -0.3 is 31.9 Å². The minimum absolute atomic E-state index is 0.0821. The van der Waals surface area contributed by atoms with Crippen LogP contribution in [0.25, 0.3) is 0 Å². The maximum atomic E-state index is 12.9. The fraction of sp³-hybridized carbons (Fsp3) is 0.737. The van der Waals surface area contributed by atoms with Crippen LogP contribution < -0.4 is 21.7 Å². The van der Waals surface area contributed by atoms with Crippen molar-refractivity contribution < 1.29 is 34.2 Å². The number of carbonyl (C=O) groups excluding carboxylic acids is 3. The molecule has 0 aromatic rings. The number of nitrogens with two attached hydrogens (primary N) is 1. The number of aliphatic carboxylic acids is 2. The summed E-state index contributed by atoms with van der Waals surface area (Å²) >= 11 is 3.97. The molecule has 6 unspecified atom stereocenters. The monoisotopic (exact) mass is 462 g/mol. The number of rotatable bonds is 14. The fourth-order valence-electron chi connectivity index (χ4n) is 2.63. The molecule has 11 nitrogen and oxygen atoms in total. The lowest BCUT2D eigenvalue weighted by atomic mass is 9.94. The van der Waals surface area contributed by atoms with Crippen LogP contribution in [0.4, 0.5) is 0 Å². The van der Waals surface area contributed by atoms with E-state index in [0.29, 0.717) is 12.8 Å². The van der Waals surface area contributed by atoms with Crippen LogP contribution in [0.2, 0.25) is 0 Å². The molecule has 6 atom stereocenters. The first-order valence-electron chi connectivity index (χ1n) is 10.1. The minimum atomic E-state index is -1.65. The number of hydrogen-bond acceptors (Lipinski definition) is 7. The summed E-state index contributed by atoms with van der Waals surface area (Å²) in [6, 6.07) is -4.66. The van der Waals surface area contributed by atoms with Gasteiger partial charge in [-0.15, -0.1) is 0 Å². The lowest BCUT2D eigenvalue weighted by molar-refractivity contribution is -0.147. The van der Waals surface area contributed by atoms with Crippen LogP contribution in [0, 0.1) is 11.8 Å². The summed E-state index contributed by atoms with van der Waals surface area (Å²) in [5, 5.41) is 25.3. The van der Waals surface area contributed by atoms with Gasteiger partial charge in [0.1, 0.15) is 18.1 Å². The summed E-state index contributed by atoms with van der Waals surface area (Å²) in [7, 11) is 0. The predicted octanol–water partition coefficient (Wildman–Crippen LogP) is -0.651. The van der Waals surface area contributed by atoms with E-state index in [1.54, 1.807) is 20.8 Å². The van der Waals surface area contributed by atoms with Crippen LogP contribution in [-0.2, 0) is 24.0 Å². The molecule has 0 saturated heterocycles. The molecule has 31 heavy (non-hydrogen) atoms. The first-order chi connectivity index (χ1) is 14.4. The van der Waals surface area contributed by atoms with Gasteiger partial charge in [0.25, 0.3) is 0 Å². The molecule has 178 valence electrons. The van der Waals surface area contributed by atoms with Crippen molar-refractivity contribution in [1.29, 1.82) is 0 Å². The molecular weight excluding hydrogens is 428 g/mol. The standard InChI is InChI=1S/C19H34N4O7S/c1-5-9(3)14(17(27)21-12(19(29)30)7-13(24)25)23-18(28)15(10(4)6-2)22-16(26)11(20)8-31/h9-12,14-15,31H,5-8,20H2,1-4H3,(H,21,27)(H,22,26)(H,23,28)(H,24,25)(H,29,30). The highest BCUT2D eigenvalue weighted by Crippen LogP contribution is 2.13. The highest BCUT2D eigenvalue weighted by Gasteiger charge is 2.34. The molecule has 3 amide bonds. The van der Waals surface area contributed by atoms with Crippen LogP contribution in [0.15, 0.2) is 0 Å². The van der Waals surface area contributed by atoms with Crippen molar-refractivity contribution in [3.63, 3.8) is 0 Å². The zero-order valence-corrected chi connectivity index (χ0v) is 19.1. The maximum absolute atomic E-state index is 12.9.